The molecule has 7 aromatic carbocycles. The van der Waals surface area contributed by atoms with Crippen LogP contribution >= 0.6 is 11.8 Å². The van der Waals surface area contributed by atoms with E-state index >= 15 is 0 Å². The molecule has 0 bridgehead atoms. The Bertz CT molecular complexity index is 2590. The first-order valence-corrected chi connectivity index (χ1v) is 18.2. The van der Waals surface area contributed by atoms with Crippen LogP contribution in [0.2, 0.25) is 0 Å². The minimum Gasteiger partial charge on any atom is -0.324 e. The molecule has 0 aromatic heterocycles. The molecule has 0 saturated heterocycles. The van der Waals surface area contributed by atoms with Gasteiger partial charge in [-0.05, 0) is 80.4 Å². The molecule has 2 heterocycles. The lowest BCUT2D eigenvalue weighted by atomic mass is 9.67. The molecule has 244 valence electrons. The van der Waals surface area contributed by atoms with Crippen LogP contribution in [0.4, 0.5) is 0 Å². The van der Waals surface area contributed by atoms with Gasteiger partial charge >= 0.3 is 0 Å². The van der Waals surface area contributed by atoms with E-state index in [-0.39, 0.29) is 0 Å². The Hall–Kier alpha value is -6.48. The Morgan fingerprint density at radius 3 is 1.67 bits per heavy atom. The van der Waals surface area contributed by atoms with Gasteiger partial charge in [0.15, 0.2) is 6.17 Å². The molecule has 10 rings (SSSR count). The number of hydrogen-bond donors (Lipinski definition) is 1. The Kier molecular flexibility index (Phi) is 7.06. The summed E-state index contributed by atoms with van der Waals surface area (Å²) >= 11 is 1.86. The zero-order valence-electron chi connectivity index (χ0n) is 28.0. The number of benzene rings is 7. The maximum atomic E-state index is 9.23. The number of nitrogens with one attached hydrogen (secondary N) is 1. The summed E-state index contributed by atoms with van der Waals surface area (Å²) in [5.74, 6) is 1.56. The highest BCUT2D eigenvalue weighted by atomic mass is 32.2. The zero-order chi connectivity index (χ0) is 34.6. The standard InChI is InChI=1S/C47H30N4S/c48-29-30-18-20-31(21-19-30)32-22-24-34(25-23-32)45-49-44(33-10-2-1-3-11-33)50-46(51-45)35-26-27-39-37(28-35)36-12-4-5-13-38(36)47(39)40-14-6-8-16-42(40)52-43-17-9-7-15-41(43)47/h1-28,46H,(H,49,50,51). The fourth-order valence-electron chi connectivity index (χ4n) is 8.08. The maximum Gasteiger partial charge on any atom is 0.169 e. The normalized spacial score (nSPS) is 15.9. The molecule has 4 nitrogen and oxygen atoms in total. The minimum atomic E-state index is -0.444. The maximum absolute atomic E-state index is 9.23. The van der Waals surface area contributed by atoms with E-state index in [2.05, 4.69) is 139 Å². The molecule has 0 saturated carbocycles. The zero-order valence-corrected chi connectivity index (χ0v) is 28.8. The topological polar surface area (TPSA) is 60.5 Å². The van der Waals surface area contributed by atoms with Gasteiger partial charge in [-0.25, -0.2) is 9.98 Å². The summed E-state index contributed by atoms with van der Waals surface area (Å²) in [5, 5.41) is 12.8. The molecule has 0 amide bonds. The first-order chi connectivity index (χ1) is 25.7. The number of nitriles is 1. The van der Waals surface area contributed by atoms with Crippen molar-refractivity contribution in [2.75, 3.05) is 0 Å². The SMILES string of the molecule is N#Cc1ccc(-c2ccc(C3=NC(c4ccc5c(c4)-c4ccccc4C54c5ccccc5Sc5ccccc54)N=C(c4ccccc4)N3)cc2)cc1. The van der Waals surface area contributed by atoms with E-state index < -0.39 is 11.6 Å². The van der Waals surface area contributed by atoms with Crippen LogP contribution in [0.1, 0.15) is 50.7 Å². The lowest BCUT2D eigenvalue weighted by Crippen LogP contribution is -2.36. The number of hydrogen-bond acceptors (Lipinski definition) is 5. The van der Waals surface area contributed by atoms with E-state index in [1.807, 2.05) is 54.2 Å². The second-order valence-corrected chi connectivity index (χ2v) is 14.4. The lowest BCUT2D eigenvalue weighted by Gasteiger charge is -2.39. The Labute approximate surface area is 306 Å². The molecule has 1 N–H and O–H groups in total. The van der Waals surface area contributed by atoms with Crippen molar-refractivity contribution in [3.05, 3.63) is 214 Å². The molecule has 1 atom stereocenters. The third kappa shape index (κ3) is 4.69. The van der Waals surface area contributed by atoms with Crippen LogP contribution in [0.3, 0.4) is 0 Å². The summed E-state index contributed by atoms with van der Waals surface area (Å²) in [7, 11) is 0. The third-order valence-electron chi connectivity index (χ3n) is 10.5. The first-order valence-electron chi connectivity index (χ1n) is 17.4. The van der Waals surface area contributed by atoms with Gasteiger partial charge in [0, 0.05) is 20.9 Å². The van der Waals surface area contributed by atoms with Crippen LogP contribution in [0, 0.1) is 11.3 Å². The van der Waals surface area contributed by atoms with Gasteiger partial charge in [0.2, 0.25) is 0 Å². The minimum absolute atomic E-state index is 0.416. The molecule has 7 aromatic rings. The lowest BCUT2D eigenvalue weighted by molar-refractivity contribution is 0.719. The van der Waals surface area contributed by atoms with Gasteiger partial charge in [0.05, 0.1) is 17.0 Å². The second-order valence-electron chi connectivity index (χ2n) is 13.3. The van der Waals surface area contributed by atoms with Crippen molar-refractivity contribution >= 4 is 23.4 Å². The summed E-state index contributed by atoms with van der Waals surface area (Å²) in [5.41, 5.74) is 13.1. The number of nitrogens with zero attached hydrogens (tertiary/aromatic N) is 3. The highest BCUT2D eigenvalue weighted by molar-refractivity contribution is 7.99. The molecule has 2 aliphatic heterocycles. The van der Waals surface area contributed by atoms with Gasteiger partial charge in [-0.3, -0.25) is 0 Å². The van der Waals surface area contributed by atoms with E-state index in [0.717, 1.165) is 39.5 Å². The van der Waals surface area contributed by atoms with Gasteiger partial charge in [0.1, 0.15) is 11.7 Å². The molecule has 1 aliphatic carbocycles. The fraction of sp³-hybridized carbons (Fsp3) is 0.0426. The van der Waals surface area contributed by atoms with Crippen molar-refractivity contribution in [3.8, 4) is 28.3 Å². The number of amidine groups is 2. The monoisotopic (exact) mass is 682 g/mol. The van der Waals surface area contributed by atoms with Crippen molar-refractivity contribution in [3.63, 3.8) is 0 Å². The highest BCUT2D eigenvalue weighted by Gasteiger charge is 2.50. The van der Waals surface area contributed by atoms with Gasteiger partial charge in [-0.1, -0.05) is 151 Å². The third-order valence-corrected chi connectivity index (χ3v) is 11.6. The Balaban J connectivity index is 1.11. The molecule has 1 spiro atoms. The average molecular weight is 683 g/mol. The summed E-state index contributed by atoms with van der Waals surface area (Å²) in [6.07, 6.45) is -0.444. The Morgan fingerprint density at radius 2 is 1.02 bits per heavy atom. The summed E-state index contributed by atoms with van der Waals surface area (Å²) in [4.78, 5) is 13.1. The summed E-state index contributed by atoms with van der Waals surface area (Å²) in [6, 6.07) is 62.1. The average Bonchev–Trinajstić information content (AvgIpc) is 3.51. The predicted octanol–water partition coefficient (Wildman–Crippen LogP) is 10.5. The summed E-state index contributed by atoms with van der Waals surface area (Å²) in [6.45, 7) is 0. The van der Waals surface area contributed by atoms with Gasteiger partial charge < -0.3 is 5.32 Å². The molecular weight excluding hydrogens is 653 g/mol. The molecule has 0 fully saturated rings. The van der Waals surface area contributed by atoms with E-state index in [4.69, 9.17) is 9.98 Å². The van der Waals surface area contributed by atoms with Crippen molar-refractivity contribution < 1.29 is 0 Å². The van der Waals surface area contributed by atoms with E-state index in [1.165, 1.54) is 43.2 Å². The summed E-state index contributed by atoms with van der Waals surface area (Å²) < 4.78 is 0. The molecule has 1 unspecified atom stereocenters. The van der Waals surface area contributed by atoms with Crippen LogP contribution in [-0.4, -0.2) is 11.7 Å². The molecular formula is C47H30N4S. The van der Waals surface area contributed by atoms with Crippen LogP contribution in [0.15, 0.2) is 190 Å². The quantitative estimate of drug-likeness (QED) is 0.201. The largest absolute Gasteiger partial charge is 0.324 e. The van der Waals surface area contributed by atoms with Crippen LogP contribution in [0.25, 0.3) is 22.3 Å². The molecule has 0 radical (unpaired) electrons. The highest BCUT2D eigenvalue weighted by Crippen LogP contribution is 2.62. The van der Waals surface area contributed by atoms with Gasteiger partial charge in [0.25, 0.3) is 0 Å². The second kappa shape index (κ2) is 12.1. The van der Waals surface area contributed by atoms with Crippen LogP contribution in [-0.2, 0) is 5.41 Å². The van der Waals surface area contributed by atoms with Gasteiger partial charge in [-0.15, -0.1) is 0 Å². The number of fused-ring (bicyclic) bond motifs is 9. The fourth-order valence-corrected chi connectivity index (χ4v) is 9.28. The van der Waals surface area contributed by atoms with Crippen molar-refractivity contribution in [1.82, 2.24) is 5.32 Å². The Morgan fingerprint density at radius 1 is 0.500 bits per heavy atom. The molecule has 52 heavy (non-hydrogen) atoms. The van der Waals surface area contributed by atoms with E-state index in [1.54, 1.807) is 0 Å². The van der Waals surface area contributed by atoms with E-state index in [0.29, 0.717) is 5.56 Å². The van der Waals surface area contributed by atoms with Gasteiger partial charge in [-0.2, -0.15) is 5.26 Å². The van der Waals surface area contributed by atoms with Crippen molar-refractivity contribution in [1.29, 1.82) is 5.26 Å². The molecule has 3 aliphatic rings. The van der Waals surface area contributed by atoms with Crippen molar-refractivity contribution in [2.24, 2.45) is 9.98 Å². The predicted molar refractivity (Wildman–Crippen MR) is 210 cm³/mol. The van der Waals surface area contributed by atoms with E-state index in [9.17, 15) is 5.26 Å². The smallest absolute Gasteiger partial charge is 0.169 e. The van der Waals surface area contributed by atoms with Crippen molar-refractivity contribution in [2.45, 2.75) is 21.4 Å². The molecule has 5 heteroatoms. The first kappa shape index (κ1) is 30.4. The number of aliphatic imine (C=N–C) groups is 2. The number of rotatable bonds is 4. The van der Waals surface area contributed by atoms with Crippen LogP contribution in [0.5, 0.6) is 0 Å². The van der Waals surface area contributed by atoms with Crippen LogP contribution < -0.4 is 5.32 Å².